The van der Waals surface area contributed by atoms with Crippen molar-refractivity contribution in [3.63, 3.8) is 0 Å². The molecule has 2 unspecified atom stereocenters. The van der Waals surface area contributed by atoms with E-state index in [9.17, 15) is 0 Å². The van der Waals surface area contributed by atoms with Crippen molar-refractivity contribution in [3.05, 3.63) is 55.0 Å². The molecule has 1 aromatic rings. The number of allylic oxidation sites excluding steroid dienone is 3. The first-order chi connectivity index (χ1) is 9.29. The second kappa shape index (κ2) is 6.32. The van der Waals surface area contributed by atoms with E-state index in [0.717, 1.165) is 6.42 Å². The first-order valence-corrected chi connectivity index (χ1v) is 8.21. The van der Waals surface area contributed by atoms with Gasteiger partial charge in [0.05, 0.1) is 25.1 Å². The molecule has 0 nitrogen and oxygen atoms in total. The summed E-state index contributed by atoms with van der Waals surface area (Å²) in [5.41, 5.74) is 0.669. The third-order valence-corrected chi connectivity index (χ3v) is 6.53. The van der Waals surface area contributed by atoms with E-state index in [1.54, 1.807) is 0 Å². The van der Waals surface area contributed by atoms with Gasteiger partial charge in [-0.2, -0.15) is 12.6 Å². The van der Waals surface area contributed by atoms with Gasteiger partial charge in [0, 0.05) is 10.7 Å². The molecule has 1 aliphatic carbocycles. The van der Waals surface area contributed by atoms with Gasteiger partial charge >= 0.3 is 0 Å². The van der Waals surface area contributed by atoms with Crippen molar-refractivity contribution in [2.75, 3.05) is 0 Å². The Labute approximate surface area is 149 Å². The Balaban J connectivity index is 2.58. The van der Waals surface area contributed by atoms with Gasteiger partial charge in [0.2, 0.25) is 0 Å². The Bertz CT molecular complexity index is 579. The van der Waals surface area contributed by atoms with E-state index in [1.165, 1.54) is 0 Å². The number of hydrogen-bond donors (Lipinski definition) is 1. The van der Waals surface area contributed by atoms with Crippen LogP contribution in [0.5, 0.6) is 0 Å². The highest BCUT2D eigenvalue weighted by molar-refractivity contribution is 7.82. The van der Waals surface area contributed by atoms with Crippen LogP contribution in [0.2, 0.25) is 25.1 Å². The number of benzene rings is 1. The summed E-state index contributed by atoms with van der Waals surface area (Å²) in [7, 11) is 0. The lowest BCUT2D eigenvalue weighted by Gasteiger charge is -2.34. The number of thiol groups is 1. The normalized spacial score (nSPS) is 23.1. The standard InChI is InChI=1S/C14H11Cl5S/c1-7(14(20)5-3-2-4-6-14)8-9(15)11(17)13(19)12(18)10(8)16/h2-5,7,20H,6H2,1H3. The van der Waals surface area contributed by atoms with Gasteiger partial charge in [-0.1, -0.05) is 89.2 Å². The Morgan fingerprint density at radius 3 is 1.90 bits per heavy atom. The van der Waals surface area contributed by atoms with Crippen molar-refractivity contribution >= 4 is 70.6 Å². The second-order valence-corrected chi connectivity index (χ2v) is 7.41. The molecule has 0 fully saturated rings. The Kier molecular flexibility index (Phi) is 5.33. The highest BCUT2D eigenvalue weighted by Gasteiger charge is 2.35. The molecular weight excluding hydrogens is 377 g/mol. The maximum Gasteiger partial charge on any atom is 0.0809 e. The minimum absolute atomic E-state index is 0.0840. The maximum absolute atomic E-state index is 6.32. The molecule has 0 heterocycles. The fraction of sp³-hybridized carbons (Fsp3) is 0.286. The summed E-state index contributed by atoms with van der Waals surface area (Å²) in [5, 5.41) is 1.27. The van der Waals surface area contributed by atoms with Crippen LogP contribution in [0.4, 0.5) is 0 Å². The fourth-order valence-electron chi connectivity index (χ4n) is 2.20. The summed E-state index contributed by atoms with van der Waals surface area (Å²) in [5.74, 6) is -0.0840. The summed E-state index contributed by atoms with van der Waals surface area (Å²) in [4.78, 5) is 0. The van der Waals surface area contributed by atoms with Gasteiger partial charge in [-0.05, 0) is 12.0 Å². The topological polar surface area (TPSA) is 0 Å². The van der Waals surface area contributed by atoms with Crippen molar-refractivity contribution < 1.29 is 0 Å². The predicted octanol–water partition coefficient (Wildman–Crippen LogP) is 7.24. The molecular formula is C14H11Cl5S. The predicted molar refractivity (Wildman–Crippen MR) is 94.5 cm³/mol. The van der Waals surface area contributed by atoms with Crippen LogP contribution in [0.25, 0.3) is 0 Å². The van der Waals surface area contributed by atoms with Gasteiger partial charge in [0.25, 0.3) is 0 Å². The zero-order valence-corrected chi connectivity index (χ0v) is 15.1. The van der Waals surface area contributed by atoms with Crippen LogP contribution in [0.1, 0.15) is 24.8 Å². The third kappa shape index (κ3) is 2.86. The molecule has 0 aromatic heterocycles. The Hall–Kier alpha value is 0.500. The highest BCUT2D eigenvalue weighted by Crippen LogP contribution is 2.51. The van der Waals surface area contributed by atoms with Crippen molar-refractivity contribution in [2.24, 2.45) is 0 Å². The summed E-state index contributed by atoms with van der Waals surface area (Å²) in [6.45, 7) is 1.99. The Morgan fingerprint density at radius 1 is 0.950 bits per heavy atom. The summed E-state index contributed by atoms with van der Waals surface area (Å²) in [6.07, 6.45) is 8.76. The van der Waals surface area contributed by atoms with Crippen LogP contribution in [0, 0.1) is 0 Å². The average Bonchev–Trinajstić information content (AvgIpc) is 2.44. The van der Waals surface area contributed by atoms with E-state index in [-0.39, 0.29) is 21.0 Å². The molecule has 2 atom stereocenters. The molecule has 108 valence electrons. The lowest BCUT2D eigenvalue weighted by atomic mass is 9.82. The molecule has 6 heteroatoms. The quantitative estimate of drug-likeness (QED) is 0.308. The van der Waals surface area contributed by atoms with Crippen molar-refractivity contribution in [1.82, 2.24) is 0 Å². The monoisotopic (exact) mass is 386 g/mol. The van der Waals surface area contributed by atoms with Gasteiger partial charge in [-0.15, -0.1) is 0 Å². The molecule has 1 aromatic carbocycles. The van der Waals surface area contributed by atoms with Crippen LogP contribution in [0.3, 0.4) is 0 Å². The highest BCUT2D eigenvalue weighted by atomic mass is 35.5. The van der Waals surface area contributed by atoms with Crippen molar-refractivity contribution in [3.8, 4) is 0 Å². The summed E-state index contributed by atoms with van der Waals surface area (Å²) >= 11 is 35.7. The Morgan fingerprint density at radius 2 is 1.45 bits per heavy atom. The van der Waals surface area contributed by atoms with E-state index in [1.807, 2.05) is 31.2 Å². The lowest BCUT2D eigenvalue weighted by molar-refractivity contribution is 0.598. The number of rotatable bonds is 2. The van der Waals surface area contributed by atoms with Crippen LogP contribution in [-0.4, -0.2) is 4.75 Å². The molecule has 0 spiro atoms. The maximum atomic E-state index is 6.32. The van der Waals surface area contributed by atoms with Crippen LogP contribution < -0.4 is 0 Å². The first-order valence-electron chi connectivity index (χ1n) is 5.87. The molecule has 0 N–H and O–H groups in total. The fourth-order valence-corrected chi connectivity index (χ4v) is 4.00. The number of halogens is 5. The molecule has 0 aliphatic heterocycles. The molecule has 0 radical (unpaired) electrons. The molecule has 1 aliphatic rings. The van der Waals surface area contributed by atoms with Gasteiger partial charge in [-0.3, -0.25) is 0 Å². The van der Waals surface area contributed by atoms with E-state index in [4.69, 9.17) is 70.6 Å². The molecule has 20 heavy (non-hydrogen) atoms. The van der Waals surface area contributed by atoms with E-state index in [2.05, 4.69) is 0 Å². The van der Waals surface area contributed by atoms with Gasteiger partial charge in [0.1, 0.15) is 0 Å². The smallest absolute Gasteiger partial charge is 0.0809 e. The summed E-state index contributed by atoms with van der Waals surface area (Å²) < 4.78 is -0.400. The van der Waals surface area contributed by atoms with Gasteiger partial charge in [0.15, 0.2) is 0 Å². The van der Waals surface area contributed by atoms with Crippen LogP contribution >= 0.6 is 70.6 Å². The van der Waals surface area contributed by atoms with Crippen molar-refractivity contribution in [1.29, 1.82) is 0 Å². The van der Waals surface area contributed by atoms with E-state index >= 15 is 0 Å². The number of hydrogen-bond acceptors (Lipinski definition) is 1. The minimum atomic E-state index is -0.400. The van der Waals surface area contributed by atoms with Gasteiger partial charge < -0.3 is 0 Å². The zero-order chi connectivity index (χ0) is 15.1. The molecule has 0 amide bonds. The molecule has 2 rings (SSSR count). The molecule has 0 saturated carbocycles. The third-order valence-electron chi connectivity index (χ3n) is 3.50. The average molecular weight is 389 g/mol. The van der Waals surface area contributed by atoms with Crippen LogP contribution in [0.15, 0.2) is 24.3 Å². The zero-order valence-electron chi connectivity index (χ0n) is 10.4. The molecule has 0 saturated heterocycles. The largest absolute Gasteiger partial charge is 0.167 e. The van der Waals surface area contributed by atoms with Gasteiger partial charge in [-0.25, -0.2) is 0 Å². The second-order valence-electron chi connectivity index (χ2n) is 4.69. The molecule has 0 bridgehead atoms. The SMILES string of the molecule is CC(c1c(Cl)c(Cl)c(Cl)c(Cl)c1Cl)C1(S)C=CC=CC1. The lowest BCUT2D eigenvalue weighted by Crippen LogP contribution is -2.27. The van der Waals surface area contributed by atoms with E-state index in [0.29, 0.717) is 15.6 Å². The van der Waals surface area contributed by atoms with E-state index < -0.39 is 4.75 Å². The first kappa shape index (κ1) is 16.9. The minimum Gasteiger partial charge on any atom is -0.167 e. The van der Waals surface area contributed by atoms with Crippen LogP contribution in [-0.2, 0) is 0 Å². The van der Waals surface area contributed by atoms with Crippen molar-refractivity contribution in [2.45, 2.75) is 24.0 Å². The summed E-state index contributed by atoms with van der Waals surface area (Å²) in [6, 6.07) is 0.